The molecule has 1 rings (SSSR count). The van der Waals surface area contributed by atoms with Gasteiger partial charge in [0.15, 0.2) is 7.28 Å². The first-order valence-electron chi connectivity index (χ1n) is 8.81. The summed E-state index contributed by atoms with van der Waals surface area (Å²) in [5.41, 5.74) is 0.386. The maximum absolute atomic E-state index is 9.13. The van der Waals surface area contributed by atoms with Crippen molar-refractivity contribution in [1.29, 1.82) is 0 Å². The monoisotopic (exact) mass is 297 g/mol. The molecule has 1 heterocycles. The van der Waals surface area contributed by atoms with Gasteiger partial charge in [0.05, 0.1) is 0 Å². The lowest BCUT2D eigenvalue weighted by Crippen LogP contribution is -2.32. The van der Waals surface area contributed by atoms with E-state index in [4.69, 9.17) is 15.2 Å². The molecule has 122 valence electrons. The van der Waals surface area contributed by atoms with Gasteiger partial charge in [0.1, 0.15) is 6.19 Å². The number of nitrogens with zero attached hydrogens (tertiary/aromatic N) is 1. The Labute approximate surface area is 131 Å². The summed E-state index contributed by atoms with van der Waals surface area (Å²) in [6.07, 6.45) is 10.3. The Balaban J connectivity index is 2.51. The molecular weight excluding hydrogens is 264 g/mol. The van der Waals surface area contributed by atoms with Gasteiger partial charge in [-0.1, -0.05) is 38.9 Å². The summed E-state index contributed by atoms with van der Waals surface area (Å²) in [4.78, 5) is 2.39. The average Bonchev–Trinajstić information content (AvgIpc) is 2.46. The molecule has 1 unspecified atom stereocenters. The van der Waals surface area contributed by atoms with Crippen molar-refractivity contribution in [3.63, 3.8) is 0 Å². The van der Waals surface area contributed by atoms with E-state index >= 15 is 0 Å². The van der Waals surface area contributed by atoms with Crippen LogP contribution in [0.25, 0.3) is 0 Å². The van der Waals surface area contributed by atoms with Gasteiger partial charge < -0.3 is 20.1 Å². The second-order valence-corrected chi connectivity index (χ2v) is 6.71. The summed E-state index contributed by atoms with van der Waals surface area (Å²) < 4.78 is 0. The van der Waals surface area contributed by atoms with Crippen molar-refractivity contribution >= 4 is 14.8 Å². The molecule has 3 N–H and O–H groups in total. The highest BCUT2D eigenvalue weighted by Gasteiger charge is 2.28. The van der Waals surface area contributed by atoms with Crippen molar-refractivity contribution in [2.24, 2.45) is 5.41 Å². The van der Waals surface area contributed by atoms with Gasteiger partial charge in [0.2, 0.25) is 0 Å². The van der Waals surface area contributed by atoms with Gasteiger partial charge >= 0.3 is 0 Å². The lowest BCUT2D eigenvalue weighted by Gasteiger charge is -2.35. The smallest absolute Gasteiger partial charge is 0.285 e. The molecule has 0 aliphatic carbocycles. The van der Waals surface area contributed by atoms with Gasteiger partial charge in [0, 0.05) is 6.44 Å². The molecule has 0 spiro atoms. The zero-order valence-corrected chi connectivity index (χ0v) is 13.8. The Kier molecular flexibility index (Phi) is 9.65. The van der Waals surface area contributed by atoms with Crippen molar-refractivity contribution in [2.75, 3.05) is 19.5 Å². The standard InChI is InChI=1S/C15H33B2NO3/c1-2-15(9-10-16-14(19)20)7-4-3-5-11-18(13-17-21)12-6-8-15/h14,16-17,19-21H,2-13H2,1H3. The van der Waals surface area contributed by atoms with Crippen LogP contribution < -0.4 is 0 Å². The third-order valence-electron chi connectivity index (χ3n) is 5.20. The first kappa shape index (κ1) is 19.0. The molecule has 1 fully saturated rings. The van der Waals surface area contributed by atoms with Crippen molar-refractivity contribution in [3.8, 4) is 0 Å². The summed E-state index contributed by atoms with van der Waals surface area (Å²) in [5.74, 6) is 0. The summed E-state index contributed by atoms with van der Waals surface area (Å²) >= 11 is 0. The predicted molar refractivity (Wildman–Crippen MR) is 91.0 cm³/mol. The lowest BCUT2D eigenvalue weighted by atomic mass is 9.64. The molecule has 1 aliphatic heterocycles. The molecule has 0 amide bonds. The second-order valence-electron chi connectivity index (χ2n) is 6.71. The van der Waals surface area contributed by atoms with Gasteiger partial charge in [-0.3, -0.25) is 0 Å². The van der Waals surface area contributed by atoms with Crippen LogP contribution in [0.3, 0.4) is 0 Å². The Morgan fingerprint density at radius 3 is 2.48 bits per heavy atom. The van der Waals surface area contributed by atoms with Gasteiger partial charge in [-0.15, -0.1) is 0 Å². The minimum atomic E-state index is -1.15. The largest absolute Gasteiger partial charge is 0.453 e. The third-order valence-corrected chi connectivity index (χ3v) is 5.20. The van der Waals surface area contributed by atoms with Crippen LogP contribution >= 0.6 is 0 Å². The van der Waals surface area contributed by atoms with E-state index in [9.17, 15) is 0 Å². The Morgan fingerprint density at radius 2 is 1.81 bits per heavy atom. The van der Waals surface area contributed by atoms with Crippen LogP contribution in [0.1, 0.15) is 58.3 Å². The fourth-order valence-corrected chi connectivity index (χ4v) is 3.73. The molecule has 0 bridgehead atoms. The predicted octanol–water partition coefficient (Wildman–Crippen LogP) is 0.853. The van der Waals surface area contributed by atoms with Crippen LogP contribution in [0, 0.1) is 5.41 Å². The molecule has 0 aromatic rings. The number of hydrogen-bond acceptors (Lipinski definition) is 4. The van der Waals surface area contributed by atoms with E-state index in [-0.39, 0.29) is 7.48 Å². The maximum Gasteiger partial charge on any atom is 0.285 e. The van der Waals surface area contributed by atoms with E-state index in [1.807, 2.05) is 0 Å². The van der Waals surface area contributed by atoms with Crippen molar-refractivity contribution in [1.82, 2.24) is 4.90 Å². The normalized spacial score (nSPS) is 25.8. The molecule has 21 heavy (non-hydrogen) atoms. The van der Waals surface area contributed by atoms with Crippen LogP contribution in [0.4, 0.5) is 0 Å². The van der Waals surface area contributed by atoms with Crippen LogP contribution in [-0.4, -0.2) is 60.6 Å². The van der Waals surface area contributed by atoms with Gasteiger partial charge in [-0.05, 0) is 44.2 Å². The maximum atomic E-state index is 9.13. The van der Waals surface area contributed by atoms with E-state index in [1.165, 1.54) is 44.9 Å². The first-order valence-corrected chi connectivity index (χ1v) is 8.81. The highest BCUT2D eigenvalue weighted by Crippen LogP contribution is 2.39. The molecule has 0 saturated carbocycles. The van der Waals surface area contributed by atoms with Crippen molar-refractivity contribution < 1.29 is 15.2 Å². The molecule has 0 aromatic heterocycles. The van der Waals surface area contributed by atoms with E-state index in [0.29, 0.717) is 12.7 Å². The second kappa shape index (κ2) is 10.7. The highest BCUT2D eigenvalue weighted by atomic mass is 16.5. The molecule has 6 heteroatoms. The van der Waals surface area contributed by atoms with E-state index in [2.05, 4.69) is 11.8 Å². The SMILES string of the molecule is CCC1(CCBC(O)O)CCCCCN(CBO)CCC1. The van der Waals surface area contributed by atoms with Crippen LogP contribution in [0.15, 0.2) is 0 Å². The molecule has 1 saturated heterocycles. The number of aliphatic hydroxyl groups is 2. The van der Waals surface area contributed by atoms with Crippen LogP contribution in [0.2, 0.25) is 6.32 Å². The molecular formula is C15H33B2NO3. The van der Waals surface area contributed by atoms with Crippen LogP contribution in [0.5, 0.6) is 0 Å². The van der Waals surface area contributed by atoms with E-state index in [0.717, 1.165) is 32.3 Å². The Morgan fingerprint density at radius 1 is 1.10 bits per heavy atom. The third kappa shape index (κ3) is 7.68. The summed E-state index contributed by atoms with van der Waals surface area (Å²) in [5, 5.41) is 27.2. The molecule has 0 radical (unpaired) electrons. The number of aliphatic hydroxyl groups excluding tert-OH is 1. The fraction of sp³-hybridized carbons (Fsp3) is 1.00. The molecule has 1 aliphatic rings. The van der Waals surface area contributed by atoms with Crippen LogP contribution in [-0.2, 0) is 0 Å². The van der Waals surface area contributed by atoms with Crippen molar-refractivity contribution in [3.05, 3.63) is 0 Å². The van der Waals surface area contributed by atoms with Gasteiger partial charge in [-0.25, -0.2) is 0 Å². The highest BCUT2D eigenvalue weighted by molar-refractivity contribution is 6.36. The number of hydrogen-bond donors (Lipinski definition) is 3. The average molecular weight is 297 g/mol. The zero-order valence-electron chi connectivity index (χ0n) is 13.8. The molecule has 1 atom stereocenters. The Hall–Kier alpha value is -0.0301. The molecule has 4 nitrogen and oxygen atoms in total. The topological polar surface area (TPSA) is 63.9 Å². The number of rotatable bonds is 7. The summed E-state index contributed by atoms with van der Waals surface area (Å²) in [7, 11) is 0.756. The summed E-state index contributed by atoms with van der Waals surface area (Å²) in [6, 6.07) is 0. The van der Waals surface area contributed by atoms with Gasteiger partial charge in [0.25, 0.3) is 7.48 Å². The molecule has 0 aromatic carbocycles. The first-order chi connectivity index (χ1) is 10.1. The Bertz CT molecular complexity index is 269. The minimum absolute atomic E-state index is 0.257. The van der Waals surface area contributed by atoms with E-state index in [1.54, 1.807) is 0 Å². The quantitative estimate of drug-likeness (QED) is 0.481. The summed E-state index contributed by atoms with van der Waals surface area (Å²) in [6.45, 7) is 4.49. The zero-order chi connectivity index (χ0) is 15.6. The van der Waals surface area contributed by atoms with E-state index < -0.39 is 6.19 Å². The van der Waals surface area contributed by atoms with Crippen molar-refractivity contribution in [2.45, 2.75) is 70.8 Å². The fourth-order valence-electron chi connectivity index (χ4n) is 3.73. The lowest BCUT2D eigenvalue weighted by molar-refractivity contribution is 0.0284. The van der Waals surface area contributed by atoms with Gasteiger partial charge in [-0.2, -0.15) is 0 Å². The minimum Gasteiger partial charge on any atom is -0.453 e.